The van der Waals surface area contributed by atoms with Gasteiger partial charge in [0.05, 0.1) is 31.4 Å². The van der Waals surface area contributed by atoms with Crippen LogP contribution < -0.4 is 0 Å². The van der Waals surface area contributed by atoms with Crippen molar-refractivity contribution < 1.29 is 3.29 Å². The summed E-state index contributed by atoms with van der Waals surface area (Å²) in [5, 5.41) is 0. The van der Waals surface area contributed by atoms with Crippen LogP contribution in [0.25, 0.3) is 0 Å². The molecule has 0 aliphatic carbocycles. The van der Waals surface area contributed by atoms with E-state index in [1.54, 1.807) is 0 Å². The molecule has 1 saturated heterocycles. The standard InChI is InChI=1S/C3H8NS3/c5-4(6)1-2-7-3-4/h5-6H,1-3H2/q+1. The Labute approximate surface area is 59.1 Å². The summed E-state index contributed by atoms with van der Waals surface area (Å²) in [5.74, 6) is 2.24. The lowest BCUT2D eigenvalue weighted by atomic mass is 10.8. The van der Waals surface area contributed by atoms with Gasteiger partial charge in [-0.05, 0) is 0 Å². The van der Waals surface area contributed by atoms with Crippen molar-refractivity contribution in [2.45, 2.75) is 0 Å². The van der Waals surface area contributed by atoms with Gasteiger partial charge in [-0.25, -0.2) is 0 Å². The fraction of sp³-hybridized carbons (Fsp3) is 1.00. The van der Waals surface area contributed by atoms with Crippen LogP contribution in [-0.2, 0) is 0 Å². The lowest BCUT2D eigenvalue weighted by Crippen LogP contribution is -2.21. The summed E-state index contributed by atoms with van der Waals surface area (Å²) < 4.78 is 0.602. The second-order valence-corrected chi connectivity index (χ2v) is 4.56. The molecule has 0 aromatic rings. The molecule has 0 N–H and O–H groups in total. The molecule has 0 radical (unpaired) electrons. The SMILES string of the molecule is S[N+]1(S)CCSC1. The van der Waals surface area contributed by atoms with Crippen LogP contribution in [-0.4, -0.2) is 21.5 Å². The minimum Gasteiger partial charge on any atom is -0.197 e. The highest BCUT2D eigenvalue weighted by Gasteiger charge is 2.24. The Morgan fingerprint density at radius 1 is 1.43 bits per heavy atom. The number of thiol groups is 2. The zero-order valence-corrected chi connectivity index (χ0v) is 6.48. The van der Waals surface area contributed by atoms with E-state index in [1.165, 1.54) is 5.75 Å². The molecule has 0 spiro atoms. The summed E-state index contributed by atoms with van der Waals surface area (Å²) in [5.41, 5.74) is 0. The molecule has 1 rings (SSSR count). The first-order valence-corrected chi connectivity index (χ1v) is 4.06. The minimum absolute atomic E-state index is 0.602. The number of rotatable bonds is 0. The molecule has 1 heterocycles. The third kappa shape index (κ3) is 1.76. The first-order valence-electron chi connectivity index (χ1n) is 2.11. The number of thioether (sulfide) groups is 1. The van der Waals surface area contributed by atoms with E-state index in [2.05, 4.69) is 25.6 Å². The predicted molar refractivity (Wildman–Crippen MR) is 40.4 cm³/mol. The maximum absolute atomic E-state index is 4.23. The van der Waals surface area contributed by atoms with E-state index < -0.39 is 0 Å². The van der Waals surface area contributed by atoms with E-state index in [0.717, 1.165) is 12.4 Å². The van der Waals surface area contributed by atoms with E-state index in [0.29, 0.717) is 3.29 Å². The van der Waals surface area contributed by atoms with E-state index in [-0.39, 0.29) is 0 Å². The van der Waals surface area contributed by atoms with Crippen LogP contribution in [0, 0.1) is 0 Å². The maximum atomic E-state index is 4.23. The Morgan fingerprint density at radius 3 is 2.29 bits per heavy atom. The lowest BCUT2D eigenvalue weighted by molar-refractivity contribution is -0.611. The van der Waals surface area contributed by atoms with Crippen LogP contribution in [0.3, 0.4) is 0 Å². The van der Waals surface area contributed by atoms with E-state index in [4.69, 9.17) is 0 Å². The van der Waals surface area contributed by atoms with Crippen LogP contribution in [0.5, 0.6) is 0 Å². The minimum atomic E-state index is 0.602. The van der Waals surface area contributed by atoms with Gasteiger partial charge < -0.3 is 0 Å². The van der Waals surface area contributed by atoms with Crippen molar-refractivity contribution >= 4 is 37.4 Å². The van der Waals surface area contributed by atoms with Crippen molar-refractivity contribution in [2.75, 3.05) is 18.2 Å². The van der Waals surface area contributed by atoms with Crippen molar-refractivity contribution in [3.8, 4) is 0 Å². The summed E-state index contributed by atoms with van der Waals surface area (Å²) in [6, 6.07) is 0. The molecule has 0 atom stereocenters. The lowest BCUT2D eigenvalue weighted by Gasteiger charge is -2.13. The van der Waals surface area contributed by atoms with Crippen LogP contribution in [0.15, 0.2) is 0 Å². The summed E-state index contributed by atoms with van der Waals surface area (Å²) in [7, 11) is 0. The number of hydrogen-bond acceptors (Lipinski definition) is 3. The second kappa shape index (κ2) is 2.09. The monoisotopic (exact) mass is 154 g/mol. The first-order chi connectivity index (χ1) is 3.21. The van der Waals surface area contributed by atoms with Gasteiger partial charge in [0.2, 0.25) is 0 Å². The van der Waals surface area contributed by atoms with Crippen LogP contribution >= 0.6 is 37.4 Å². The Kier molecular flexibility index (Phi) is 1.83. The van der Waals surface area contributed by atoms with Gasteiger partial charge in [0.1, 0.15) is 12.4 Å². The molecular formula is C3H8NS3+. The molecule has 1 aliphatic rings. The summed E-state index contributed by atoms with van der Waals surface area (Å²) in [6.07, 6.45) is 0. The molecule has 4 heteroatoms. The third-order valence-electron chi connectivity index (χ3n) is 0.892. The highest BCUT2D eigenvalue weighted by atomic mass is 32.2. The topological polar surface area (TPSA) is 0 Å². The molecule has 42 valence electrons. The Morgan fingerprint density at radius 2 is 2.14 bits per heavy atom. The van der Waals surface area contributed by atoms with Gasteiger partial charge in [0.15, 0.2) is 0 Å². The molecule has 0 unspecified atom stereocenters. The molecule has 7 heavy (non-hydrogen) atoms. The van der Waals surface area contributed by atoms with Crippen LogP contribution in [0.4, 0.5) is 0 Å². The van der Waals surface area contributed by atoms with Gasteiger partial charge in [-0.1, -0.05) is 11.8 Å². The predicted octanol–water partition coefficient (Wildman–Crippen LogP) is 1.20. The highest BCUT2D eigenvalue weighted by Crippen LogP contribution is 2.27. The average Bonchev–Trinajstić information content (AvgIpc) is 1.84. The Hall–Kier alpha value is 1.01. The average molecular weight is 154 g/mol. The van der Waals surface area contributed by atoms with Gasteiger partial charge in [-0.2, -0.15) is 3.29 Å². The van der Waals surface area contributed by atoms with Crippen molar-refractivity contribution in [3.05, 3.63) is 0 Å². The summed E-state index contributed by atoms with van der Waals surface area (Å²) in [4.78, 5) is 0. The summed E-state index contributed by atoms with van der Waals surface area (Å²) in [6.45, 7) is 1.08. The summed E-state index contributed by atoms with van der Waals surface area (Å²) >= 11 is 10.4. The van der Waals surface area contributed by atoms with Gasteiger partial charge in [-0.15, -0.1) is 0 Å². The van der Waals surface area contributed by atoms with Gasteiger partial charge in [0.25, 0.3) is 0 Å². The highest BCUT2D eigenvalue weighted by molar-refractivity contribution is 8.00. The van der Waals surface area contributed by atoms with Gasteiger partial charge in [-0.3, -0.25) is 0 Å². The van der Waals surface area contributed by atoms with Crippen molar-refractivity contribution in [1.82, 2.24) is 0 Å². The molecule has 0 bridgehead atoms. The zero-order chi connectivity index (χ0) is 5.33. The number of nitrogens with zero attached hydrogens (tertiary/aromatic N) is 1. The van der Waals surface area contributed by atoms with E-state index in [1.807, 2.05) is 11.8 Å². The van der Waals surface area contributed by atoms with Crippen molar-refractivity contribution in [2.24, 2.45) is 0 Å². The first kappa shape index (κ1) is 6.13. The molecule has 1 aliphatic heterocycles. The molecule has 0 amide bonds. The second-order valence-electron chi connectivity index (χ2n) is 1.64. The van der Waals surface area contributed by atoms with Crippen molar-refractivity contribution in [1.29, 1.82) is 0 Å². The van der Waals surface area contributed by atoms with E-state index >= 15 is 0 Å². The van der Waals surface area contributed by atoms with Crippen LogP contribution in [0.2, 0.25) is 0 Å². The Balaban J connectivity index is 2.40. The number of hydrogen-bond donors (Lipinski definition) is 2. The normalized spacial score (nSPS) is 28.3. The maximum Gasteiger partial charge on any atom is 0.147 e. The fourth-order valence-electron chi connectivity index (χ4n) is 0.486. The molecule has 1 nitrogen and oxygen atoms in total. The molecule has 0 aromatic heterocycles. The molecule has 0 saturated carbocycles. The van der Waals surface area contributed by atoms with Crippen LogP contribution in [0.1, 0.15) is 0 Å². The third-order valence-corrected chi connectivity index (χ3v) is 3.05. The van der Waals surface area contributed by atoms with Gasteiger partial charge >= 0.3 is 0 Å². The van der Waals surface area contributed by atoms with Gasteiger partial charge in [0, 0.05) is 0 Å². The quantitative estimate of drug-likeness (QED) is 0.390. The smallest absolute Gasteiger partial charge is 0.147 e. The molecule has 0 aromatic carbocycles. The molecule has 1 fully saturated rings. The molecular weight excluding hydrogens is 146 g/mol. The fourth-order valence-corrected chi connectivity index (χ4v) is 2.44. The number of quaternary nitrogens is 1. The largest absolute Gasteiger partial charge is 0.197 e. The zero-order valence-electron chi connectivity index (χ0n) is 3.87. The Bertz CT molecular complexity index is 64.6. The van der Waals surface area contributed by atoms with E-state index in [9.17, 15) is 0 Å². The van der Waals surface area contributed by atoms with Crippen molar-refractivity contribution in [3.63, 3.8) is 0 Å².